The van der Waals surface area contributed by atoms with Crippen molar-refractivity contribution in [3.63, 3.8) is 0 Å². The van der Waals surface area contributed by atoms with Crippen molar-refractivity contribution < 1.29 is 0 Å². The topological polar surface area (TPSA) is 15.3 Å². The van der Waals surface area contributed by atoms with Gasteiger partial charge in [-0.2, -0.15) is 0 Å². The van der Waals surface area contributed by atoms with E-state index in [4.69, 9.17) is 0 Å². The molecule has 1 fully saturated rings. The lowest BCUT2D eigenvalue weighted by Crippen LogP contribution is -2.27. The minimum Gasteiger partial charge on any atom is -0.313 e. The SMILES string of the molecule is CCCNCc1ccccc1CN(C)CC1CCCCC1. The van der Waals surface area contributed by atoms with Crippen LogP contribution in [-0.2, 0) is 13.1 Å². The molecule has 0 radical (unpaired) electrons. The van der Waals surface area contributed by atoms with Crippen LogP contribution in [0.1, 0.15) is 56.6 Å². The number of nitrogens with zero attached hydrogens (tertiary/aromatic N) is 1. The maximum absolute atomic E-state index is 3.53. The quantitative estimate of drug-likeness (QED) is 0.721. The minimum atomic E-state index is 0.925. The fourth-order valence-electron chi connectivity index (χ4n) is 3.45. The molecule has 0 heterocycles. The summed E-state index contributed by atoms with van der Waals surface area (Å²) in [6, 6.07) is 8.90. The van der Waals surface area contributed by atoms with Crippen LogP contribution in [0.4, 0.5) is 0 Å². The van der Waals surface area contributed by atoms with Gasteiger partial charge < -0.3 is 10.2 Å². The maximum atomic E-state index is 3.53. The Bertz CT molecular complexity index is 396. The van der Waals surface area contributed by atoms with Crippen molar-refractivity contribution in [2.45, 2.75) is 58.5 Å². The smallest absolute Gasteiger partial charge is 0.0234 e. The molecule has 0 bridgehead atoms. The van der Waals surface area contributed by atoms with E-state index in [-0.39, 0.29) is 0 Å². The molecule has 1 saturated carbocycles. The van der Waals surface area contributed by atoms with Gasteiger partial charge in [0.25, 0.3) is 0 Å². The zero-order valence-electron chi connectivity index (χ0n) is 13.9. The van der Waals surface area contributed by atoms with Crippen LogP contribution in [0, 0.1) is 5.92 Å². The van der Waals surface area contributed by atoms with Crippen molar-refractivity contribution in [1.29, 1.82) is 0 Å². The molecule has 0 aliphatic heterocycles. The molecule has 1 aromatic carbocycles. The summed E-state index contributed by atoms with van der Waals surface area (Å²) in [5.41, 5.74) is 2.95. The Balaban J connectivity index is 1.85. The normalized spacial score (nSPS) is 16.5. The van der Waals surface area contributed by atoms with E-state index in [1.807, 2.05) is 0 Å². The van der Waals surface area contributed by atoms with Gasteiger partial charge in [-0.15, -0.1) is 0 Å². The third-order valence-electron chi connectivity index (χ3n) is 4.60. The van der Waals surface area contributed by atoms with Gasteiger partial charge in [-0.3, -0.25) is 0 Å². The van der Waals surface area contributed by atoms with E-state index in [0.29, 0.717) is 0 Å². The Morgan fingerprint density at radius 3 is 2.52 bits per heavy atom. The number of benzene rings is 1. The molecule has 2 nitrogen and oxygen atoms in total. The summed E-state index contributed by atoms with van der Waals surface area (Å²) in [6.07, 6.45) is 8.40. The zero-order chi connectivity index (χ0) is 14.9. The molecule has 1 aliphatic rings. The summed E-state index contributed by atoms with van der Waals surface area (Å²) in [6.45, 7) is 6.67. The molecule has 1 N–H and O–H groups in total. The fraction of sp³-hybridized carbons (Fsp3) is 0.684. The number of hydrogen-bond acceptors (Lipinski definition) is 2. The number of nitrogens with one attached hydrogen (secondary N) is 1. The molecule has 1 aliphatic carbocycles. The molecule has 0 unspecified atom stereocenters. The Labute approximate surface area is 130 Å². The highest BCUT2D eigenvalue weighted by Crippen LogP contribution is 2.24. The van der Waals surface area contributed by atoms with Crippen molar-refractivity contribution in [2.24, 2.45) is 5.92 Å². The highest BCUT2D eigenvalue weighted by Gasteiger charge is 2.15. The molecule has 2 heteroatoms. The Hall–Kier alpha value is -0.860. The lowest BCUT2D eigenvalue weighted by Gasteiger charge is -2.27. The minimum absolute atomic E-state index is 0.925. The van der Waals surface area contributed by atoms with Crippen LogP contribution >= 0.6 is 0 Å². The predicted octanol–water partition coefficient (Wildman–Crippen LogP) is 4.20. The van der Waals surface area contributed by atoms with Crippen LogP contribution in [0.15, 0.2) is 24.3 Å². The summed E-state index contributed by atoms with van der Waals surface area (Å²) in [5.74, 6) is 0.925. The highest BCUT2D eigenvalue weighted by atomic mass is 15.1. The Kier molecular flexibility index (Phi) is 7.25. The average molecular weight is 288 g/mol. The molecule has 21 heavy (non-hydrogen) atoms. The molecule has 0 saturated heterocycles. The van der Waals surface area contributed by atoms with Crippen LogP contribution in [-0.4, -0.2) is 25.0 Å². The van der Waals surface area contributed by atoms with Gasteiger partial charge in [0.15, 0.2) is 0 Å². The second-order valence-electron chi connectivity index (χ2n) is 6.65. The van der Waals surface area contributed by atoms with E-state index >= 15 is 0 Å². The van der Waals surface area contributed by atoms with Gasteiger partial charge in [0.05, 0.1) is 0 Å². The van der Waals surface area contributed by atoms with Gasteiger partial charge in [0, 0.05) is 19.6 Å². The summed E-state index contributed by atoms with van der Waals surface area (Å²) < 4.78 is 0. The van der Waals surface area contributed by atoms with Crippen molar-refractivity contribution in [3.05, 3.63) is 35.4 Å². The molecule has 1 aromatic rings. The molecule has 0 aromatic heterocycles. The van der Waals surface area contributed by atoms with Crippen LogP contribution in [0.25, 0.3) is 0 Å². The van der Waals surface area contributed by atoms with Gasteiger partial charge in [0.1, 0.15) is 0 Å². The van der Waals surface area contributed by atoms with Gasteiger partial charge >= 0.3 is 0 Å². The van der Waals surface area contributed by atoms with E-state index in [1.54, 1.807) is 0 Å². The molecule has 0 amide bonds. The summed E-state index contributed by atoms with van der Waals surface area (Å²) in [7, 11) is 2.28. The maximum Gasteiger partial charge on any atom is 0.0234 e. The van der Waals surface area contributed by atoms with E-state index in [2.05, 4.69) is 48.5 Å². The lowest BCUT2D eigenvalue weighted by atomic mass is 9.89. The summed E-state index contributed by atoms with van der Waals surface area (Å²) in [4.78, 5) is 2.52. The summed E-state index contributed by atoms with van der Waals surface area (Å²) in [5, 5.41) is 3.53. The van der Waals surface area contributed by atoms with E-state index in [9.17, 15) is 0 Å². The van der Waals surface area contributed by atoms with Crippen molar-refractivity contribution in [3.8, 4) is 0 Å². The van der Waals surface area contributed by atoms with E-state index in [1.165, 1.54) is 56.2 Å². The predicted molar refractivity (Wildman–Crippen MR) is 91.3 cm³/mol. The van der Waals surface area contributed by atoms with Crippen LogP contribution in [0.5, 0.6) is 0 Å². The van der Waals surface area contributed by atoms with Crippen LogP contribution in [0.2, 0.25) is 0 Å². The first-order valence-corrected chi connectivity index (χ1v) is 8.75. The Morgan fingerprint density at radius 2 is 1.81 bits per heavy atom. The first kappa shape index (κ1) is 16.5. The van der Waals surface area contributed by atoms with Crippen molar-refractivity contribution in [1.82, 2.24) is 10.2 Å². The number of rotatable bonds is 8. The second kappa shape index (κ2) is 9.22. The summed E-state index contributed by atoms with van der Waals surface area (Å²) >= 11 is 0. The number of hydrogen-bond donors (Lipinski definition) is 1. The highest BCUT2D eigenvalue weighted by molar-refractivity contribution is 5.26. The molecule has 2 rings (SSSR count). The monoisotopic (exact) mass is 288 g/mol. The third kappa shape index (κ3) is 5.80. The largest absolute Gasteiger partial charge is 0.313 e. The van der Waals surface area contributed by atoms with Crippen LogP contribution in [0.3, 0.4) is 0 Å². The van der Waals surface area contributed by atoms with Gasteiger partial charge in [0.2, 0.25) is 0 Å². The lowest BCUT2D eigenvalue weighted by molar-refractivity contribution is 0.227. The van der Waals surface area contributed by atoms with Gasteiger partial charge in [-0.05, 0) is 49.9 Å². The van der Waals surface area contributed by atoms with E-state index in [0.717, 1.165) is 25.6 Å². The first-order valence-electron chi connectivity index (χ1n) is 8.75. The average Bonchev–Trinajstić information content (AvgIpc) is 2.50. The molecule has 0 spiro atoms. The second-order valence-corrected chi connectivity index (χ2v) is 6.65. The third-order valence-corrected chi connectivity index (χ3v) is 4.60. The molecule has 0 atom stereocenters. The van der Waals surface area contributed by atoms with Crippen LogP contribution < -0.4 is 5.32 Å². The standard InChI is InChI=1S/C19H32N2/c1-3-13-20-14-18-11-7-8-12-19(18)16-21(2)15-17-9-5-4-6-10-17/h7-8,11-12,17,20H,3-6,9-10,13-16H2,1-2H3. The van der Waals surface area contributed by atoms with Crippen molar-refractivity contribution >= 4 is 0 Å². The zero-order valence-corrected chi connectivity index (χ0v) is 13.9. The van der Waals surface area contributed by atoms with Gasteiger partial charge in [-0.25, -0.2) is 0 Å². The molecule has 118 valence electrons. The van der Waals surface area contributed by atoms with E-state index < -0.39 is 0 Å². The van der Waals surface area contributed by atoms with Crippen molar-refractivity contribution in [2.75, 3.05) is 20.1 Å². The first-order chi connectivity index (χ1) is 10.3. The Morgan fingerprint density at radius 1 is 1.10 bits per heavy atom. The molecular formula is C19H32N2. The molecular weight excluding hydrogens is 256 g/mol. The van der Waals surface area contributed by atoms with Gasteiger partial charge in [-0.1, -0.05) is 50.5 Å². The fourth-order valence-corrected chi connectivity index (χ4v) is 3.45.